The number of nitrogens with two attached hydrogens (primary N) is 1. The Kier molecular flexibility index (Phi) is 2.77. The monoisotopic (exact) mass is 260 g/mol. The second-order valence-corrected chi connectivity index (χ2v) is 4.87. The average Bonchev–Trinajstić information content (AvgIpc) is 3.03. The molecule has 3 rings (SSSR count). The summed E-state index contributed by atoms with van der Waals surface area (Å²) in [6.45, 7) is 2.19. The lowest BCUT2D eigenvalue weighted by molar-refractivity contribution is 0.0943. The number of aryl methyl sites for hydroxylation is 1. The third kappa shape index (κ3) is 2.33. The van der Waals surface area contributed by atoms with Crippen LogP contribution >= 0.6 is 0 Å². The van der Waals surface area contributed by atoms with Crippen molar-refractivity contribution in [1.29, 1.82) is 0 Å². The van der Waals surface area contributed by atoms with Gasteiger partial charge in [-0.05, 0) is 31.9 Å². The van der Waals surface area contributed by atoms with E-state index >= 15 is 0 Å². The molecule has 1 aliphatic rings. The first-order valence-electron chi connectivity index (χ1n) is 6.32. The lowest BCUT2D eigenvalue weighted by Crippen LogP contribution is -2.23. The fraction of sp³-hybridized carbons (Fsp3) is 0.385. The van der Waals surface area contributed by atoms with Gasteiger partial charge in [-0.15, -0.1) is 0 Å². The summed E-state index contributed by atoms with van der Waals surface area (Å²) >= 11 is 0. The third-order valence-electron chi connectivity index (χ3n) is 3.25. The summed E-state index contributed by atoms with van der Waals surface area (Å²) in [7, 11) is 0. The van der Waals surface area contributed by atoms with Crippen LogP contribution in [0.4, 0.5) is 5.69 Å². The number of hydrogen-bond acceptors (Lipinski definition) is 4. The van der Waals surface area contributed by atoms with Crippen molar-refractivity contribution in [2.75, 3.05) is 5.73 Å². The summed E-state index contributed by atoms with van der Waals surface area (Å²) < 4.78 is 5.38. The number of rotatable bonds is 4. The van der Waals surface area contributed by atoms with Gasteiger partial charge in [-0.25, -0.2) is 0 Å². The van der Waals surface area contributed by atoms with E-state index in [1.54, 1.807) is 0 Å². The number of carbonyl (C=O) groups is 1. The van der Waals surface area contributed by atoms with Crippen LogP contribution in [0.2, 0.25) is 0 Å². The van der Waals surface area contributed by atoms with Gasteiger partial charge >= 0.3 is 0 Å². The number of carbonyl (C=O) groups excluding carboxylic acids is 1. The van der Waals surface area contributed by atoms with E-state index in [4.69, 9.17) is 10.2 Å². The highest BCUT2D eigenvalue weighted by molar-refractivity contribution is 5.97. The van der Waals surface area contributed by atoms with Gasteiger partial charge in [0.25, 0.3) is 5.91 Å². The number of aromatic amines is 1. The van der Waals surface area contributed by atoms with Crippen molar-refractivity contribution >= 4 is 11.6 Å². The van der Waals surface area contributed by atoms with Crippen LogP contribution in [0, 0.1) is 6.92 Å². The van der Waals surface area contributed by atoms with Gasteiger partial charge in [0, 0.05) is 5.92 Å². The van der Waals surface area contributed by atoms with Crippen LogP contribution in [0.1, 0.15) is 46.5 Å². The van der Waals surface area contributed by atoms with Crippen molar-refractivity contribution in [2.24, 2.45) is 0 Å². The SMILES string of the molecule is Cc1ccc(CNC(=O)c2n[nH]c(C3CC3)c2N)o1. The Morgan fingerprint density at radius 3 is 3.00 bits per heavy atom. The largest absolute Gasteiger partial charge is 0.465 e. The molecule has 100 valence electrons. The Morgan fingerprint density at radius 2 is 2.37 bits per heavy atom. The molecule has 1 saturated carbocycles. The fourth-order valence-corrected chi connectivity index (χ4v) is 2.05. The normalized spacial score (nSPS) is 14.6. The first-order valence-corrected chi connectivity index (χ1v) is 6.32. The number of furan rings is 1. The molecule has 1 amide bonds. The van der Waals surface area contributed by atoms with Crippen LogP contribution in [-0.2, 0) is 6.54 Å². The maximum atomic E-state index is 12.0. The van der Waals surface area contributed by atoms with E-state index < -0.39 is 0 Å². The van der Waals surface area contributed by atoms with Crippen molar-refractivity contribution in [3.05, 3.63) is 35.0 Å². The van der Waals surface area contributed by atoms with Gasteiger partial charge < -0.3 is 15.5 Å². The van der Waals surface area contributed by atoms with E-state index in [0.717, 1.165) is 24.3 Å². The maximum Gasteiger partial charge on any atom is 0.274 e. The zero-order valence-electron chi connectivity index (χ0n) is 10.7. The molecule has 0 spiro atoms. The molecule has 19 heavy (non-hydrogen) atoms. The van der Waals surface area contributed by atoms with Gasteiger partial charge in [0.2, 0.25) is 0 Å². The number of nitrogens with one attached hydrogen (secondary N) is 2. The molecule has 0 unspecified atom stereocenters. The van der Waals surface area contributed by atoms with Crippen LogP contribution < -0.4 is 11.1 Å². The van der Waals surface area contributed by atoms with Crippen LogP contribution in [-0.4, -0.2) is 16.1 Å². The fourth-order valence-electron chi connectivity index (χ4n) is 2.05. The Bertz CT molecular complexity index is 610. The molecule has 2 heterocycles. The van der Waals surface area contributed by atoms with E-state index in [1.807, 2.05) is 19.1 Å². The van der Waals surface area contributed by atoms with Crippen LogP contribution in [0.25, 0.3) is 0 Å². The van der Waals surface area contributed by atoms with Gasteiger partial charge in [0.15, 0.2) is 5.69 Å². The van der Waals surface area contributed by atoms with E-state index in [-0.39, 0.29) is 11.6 Å². The Hall–Kier alpha value is -2.24. The van der Waals surface area contributed by atoms with Crippen molar-refractivity contribution in [3.63, 3.8) is 0 Å². The highest BCUT2D eigenvalue weighted by atomic mass is 16.3. The van der Waals surface area contributed by atoms with Gasteiger partial charge in [-0.2, -0.15) is 5.10 Å². The van der Waals surface area contributed by atoms with Crippen molar-refractivity contribution < 1.29 is 9.21 Å². The van der Waals surface area contributed by atoms with Gasteiger partial charge in [0.1, 0.15) is 11.5 Å². The summed E-state index contributed by atoms with van der Waals surface area (Å²) in [5.41, 5.74) is 7.57. The second kappa shape index (κ2) is 4.46. The maximum absolute atomic E-state index is 12.0. The first-order chi connectivity index (χ1) is 9.15. The number of anilines is 1. The molecule has 1 aliphatic carbocycles. The summed E-state index contributed by atoms with van der Waals surface area (Å²) in [5, 5.41) is 9.61. The van der Waals surface area contributed by atoms with Crippen molar-refractivity contribution in [3.8, 4) is 0 Å². The zero-order chi connectivity index (χ0) is 13.4. The minimum Gasteiger partial charge on any atom is -0.465 e. The lowest BCUT2D eigenvalue weighted by atomic mass is 10.2. The van der Waals surface area contributed by atoms with Crippen LogP contribution in [0.15, 0.2) is 16.5 Å². The molecule has 2 aromatic rings. The van der Waals surface area contributed by atoms with Crippen molar-refractivity contribution in [1.82, 2.24) is 15.5 Å². The smallest absolute Gasteiger partial charge is 0.274 e. The van der Waals surface area contributed by atoms with E-state index in [1.165, 1.54) is 0 Å². The molecule has 0 aliphatic heterocycles. The van der Waals surface area contributed by atoms with Crippen molar-refractivity contribution in [2.45, 2.75) is 32.2 Å². The number of aromatic nitrogens is 2. The Morgan fingerprint density at radius 1 is 1.58 bits per heavy atom. The lowest BCUT2D eigenvalue weighted by Gasteiger charge is -2.01. The highest BCUT2D eigenvalue weighted by Gasteiger charge is 2.30. The number of H-pyrrole nitrogens is 1. The molecule has 1 fully saturated rings. The third-order valence-corrected chi connectivity index (χ3v) is 3.25. The number of hydrogen-bond donors (Lipinski definition) is 3. The number of amides is 1. The Balaban J connectivity index is 1.66. The van der Waals surface area contributed by atoms with Crippen LogP contribution in [0.3, 0.4) is 0 Å². The zero-order valence-corrected chi connectivity index (χ0v) is 10.7. The minimum atomic E-state index is -0.283. The second-order valence-electron chi connectivity index (χ2n) is 4.87. The Labute approximate surface area is 110 Å². The summed E-state index contributed by atoms with van der Waals surface area (Å²) in [4.78, 5) is 12.0. The van der Waals surface area contributed by atoms with E-state index in [2.05, 4.69) is 15.5 Å². The standard InChI is InChI=1S/C13H16N4O2/c1-7-2-5-9(19-7)6-15-13(18)12-10(14)11(16-17-12)8-3-4-8/h2,5,8H,3-4,6,14H2,1H3,(H,15,18)(H,16,17). The van der Waals surface area contributed by atoms with Gasteiger partial charge in [0.05, 0.1) is 17.9 Å². The number of nitrogens with zero attached hydrogens (tertiary/aromatic N) is 1. The molecule has 0 saturated heterocycles. The molecular weight excluding hydrogens is 244 g/mol. The van der Waals surface area contributed by atoms with Crippen LogP contribution in [0.5, 0.6) is 0 Å². The minimum absolute atomic E-state index is 0.269. The molecule has 2 aromatic heterocycles. The molecule has 4 N–H and O–H groups in total. The molecular formula is C13H16N4O2. The molecule has 0 atom stereocenters. The summed E-state index contributed by atoms with van der Waals surface area (Å²) in [6, 6.07) is 3.69. The van der Waals surface area contributed by atoms with Gasteiger partial charge in [-0.1, -0.05) is 0 Å². The quantitative estimate of drug-likeness (QED) is 0.779. The summed E-state index contributed by atoms with van der Waals surface area (Å²) in [5.74, 6) is 1.69. The predicted molar refractivity (Wildman–Crippen MR) is 69.6 cm³/mol. The first kappa shape index (κ1) is 11.8. The molecule has 6 heteroatoms. The average molecular weight is 260 g/mol. The van der Waals surface area contributed by atoms with E-state index in [0.29, 0.717) is 23.9 Å². The highest BCUT2D eigenvalue weighted by Crippen LogP contribution is 2.42. The summed E-state index contributed by atoms with van der Waals surface area (Å²) in [6.07, 6.45) is 2.22. The molecule has 0 bridgehead atoms. The topological polar surface area (TPSA) is 96.9 Å². The molecule has 0 radical (unpaired) electrons. The predicted octanol–water partition coefficient (Wildman–Crippen LogP) is 1.70. The number of nitrogen functional groups attached to an aromatic ring is 1. The van der Waals surface area contributed by atoms with E-state index in [9.17, 15) is 4.79 Å². The molecule has 0 aromatic carbocycles. The molecule has 6 nitrogen and oxygen atoms in total. The van der Waals surface area contributed by atoms with Gasteiger partial charge in [-0.3, -0.25) is 9.89 Å².